The van der Waals surface area contributed by atoms with E-state index in [9.17, 15) is 9.59 Å². The van der Waals surface area contributed by atoms with E-state index in [-0.39, 0.29) is 17.2 Å². The average Bonchev–Trinajstić information content (AvgIpc) is 3.15. The lowest BCUT2D eigenvalue weighted by Crippen LogP contribution is -2.34. The van der Waals surface area contributed by atoms with Crippen LogP contribution < -0.4 is 0 Å². The van der Waals surface area contributed by atoms with Gasteiger partial charge in [-0.25, -0.2) is 4.98 Å². The predicted molar refractivity (Wildman–Crippen MR) is 110 cm³/mol. The van der Waals surface area contributed by atoms with E-state index in [0.717, 1.165) is 38.4 Å². The Bertz CT molecular complexity index is 1040. The van der Waals surface area contributed by atoms with Gasteiger partial charge in [-0.1, -0.05) is 36.0 Å². The summed E-state index contributed by atoms with van der Waals surface area (Å²) >= 11 is 2.52. The average molecular weight is 396 g/mol. The van der Waals surface area contributed by atoms with Crippen LogP contribution in [0.1, 0.15) is 19.4 Å². The normalized spacial score (nSPS) is 16.3. The Hall–Kier alpha value is -2.51. The Kier molecular flexibility index (Phi) is 4.80. The molecule has 0 atom stereocenters. The van der Waals surface area contributed by atoms with Gasteiger partial charge in [0.25, 0.3) is 11.1 Å². The number of hydrogen-bond acceptors (Lipinski definition) is 5. The van der Waals surface area contributed by atoms with Crippen molar-refractivity contribution in [1.82, 2.24) is 14.9 Å². The maximum absolute atomic E-state index is 12.4. The third-order valence-corrected chi connectivity index (χ3v) is 5.84. The van der Waals surface area contributed by atoms with Gasteiger partial charge in [0.2, 0.25) is 0 Å². The van der Waals surface area contributed by atoms with Crippen molar-refractivity contribution in [3.05, 3.63) is 59.0 Å². The van der Waals surface area contributed by atoms with Gasteiger partial charge in [0, 0.05) is 10.9 Å². The van der Waals surface area contributed by atoms with Crippen molar-refractivity contribution >= 4 is 51.8 Å². The first-order valence-corrected chi connectivity index (χ1v) is 10.1. The molecule has 1 fully saturated rings. The third kappa shape index (κ3) is 3.65. The Morgan fingerprint density at radius 1 is 1.15 bits per heavy atom. The molecular weight excluding hydrogens is 378 g/mol. The van der Waals surface area contributed by atoms with Crippen molar-refractivity contribution in [3.8, 4) is 0 Å². The van der Waals surface area contributed by atoms with E-state index in [0.29, 0.717) is 4.91 Å². The molecule has 1 N–H and O–H groups in total. The number of imide groups is 1. The van der Waals surface area contributed by atoms with Crippen LogP contribution in [0.25, 0.3) is 17.1 Å². The van der Waals surface area contributed by atoms with Gasteiger partial charge in [-0.15, -0.1) is 0 Å². The molecule has 0 aliphatic carbocycles. The van der Waals surface area contributed by atoms with Gasteiger partial charge < -0.3 is 4.98 Å². The number of amides is 2. The zero-order valence-corrected chi connectivity index (χ0v) is 16.4. The summed E-state index contributed by atoms with van der Waals surface area (Å²) in [4.78, 5) is 35.1. The molecule has 5 nitrogen and oxygen atoms in total. The summed E-state index contributed by atoms with van der Waals surface area (Å²) in [5.74, 6) is -0.227. The summed E-state index contributed by atoms with van der Waals surface area (Å²) in [6.45, 7) is 3.67. The van der Waals surface area contributed by atoms with Gasteiger partial charge >= 0.3 is 0 Å². The van der Waals surface area contributed by atoms with E-state index in [1.807, 2.05) is 62.4 Å². The number of fused-ring (bicyclic) bond motifs is 1. The van der Waals surface area contributed by atoms with Gasteiger partial charge in [0.15, 0.2) is 5.16 Å². The fourth-order valence-corrected chi connectivity index (χ4v) is 4.66. The SMILES string of the molecule is CC(C)N1C(=O)S/C(=C\c2cccc(Sc3nc4ccccc4[nH]3)c2)C1=O. The molecule has 0 bridgehead atoms. The summed E-state index contributed by atoms with van der Waals surface area (Å²) in [6, 6.07) is 15.6. The Labute approximate surface area is 165 Å². The molecular formula is C20H17N3O2S2. The largest absolute Gasteiger partial charge is 0.333 e. The summed E-state index contributed by atoms with van der Waals surface area (Å²) in [5.41, 5.74) is 2.81. The number of nitrogens with zero attached hydrogens (tertiary/aromatic N) is 2. The molecule has 1 saturated heterocycles. The summed E-state index contributed by atoms with van der Waals surface area (Å²) in [6.07, 6.45) is 1.77. The summed E-state index contributed by atoms with van der Waals surface area (Å²) in [5, 5.41) is 0.600. The molecule has 0 spiro atoms. The minimum Gasteiger partial charge on any atom is -0.333 e. The van der Waals surface area contributed by atoms with Crippen LogP contribution in [0.15, 0.2) is 63.5 Å². The van der Waals surface area contributed by atoms with Crippen LogP contribution >= 0.6 is 23.5 Å². The number of benzene rings is 2. The molecule has 7 heteroatoms. The highest BCUT2D eigenvalue weighted by molar-refractivity contribution is 8.18. The molecule has 27 heavy (non-hydrogen) atoms. The van der Waals surface area contributed by atoms with Crippen molar-refractivity contribution in [1.29, 1.82) is 0 Å². The summed E-state index contributed by atoms with van der Waals surface area (Å²) in [7, 11) is 0. The minimum absolute atomic E-state index is 0.140. The van der Waals surface area contributed by atoms with Crippen molar-refractivity contribution in [2.24, 2.45) is 0 Å². The van der Waals surface area contributed by atoms with Gasteiger partial charge in [0.05, 0.1) is 15.9 Å². The van der Waals surface area contributed by atoms with Crippen LogP contribution in [-0.4, -0.2) is 32.1 Å². The van der Waals surface area contributed by atoms with Crippen molar-refractivity contribution in [3.63, 3.8) is 0 Å². The lowest BCUT2D eigenvalue weighted by molar-refractivity contribution is -0.123. The highest BCUT2D eigenvalue weighted by Crippen LogP contribution is 2.34. The molecule has 1 aliphatic heterocycles. The van der Waals surface area contributed by atoms with E-state index in [1.165, 1.54) is 16.7 Å². The lowest BCUT2D eigenvalue weighted by atomic mass is 10.2. The zero-order valence-electron chi connectivity index (χ0n) is 14.8. The number of thioether (sulfide) groups is 1. The van der Waals surface area contributed by atoms with E-state index < -0.39 is 0 Å². The number of carbonyl (C=O) groups is 2. The van der Waals surface area contributed by atoms with Crippen LogP contribution in [0.5, 0.6) is 0 Å². The molecule has 0 unspecified atom stereocenters. The highest BCUT2D eigenvalue weighted by atomic mass is 32.2. The fourth-order valence-electron chi connectivity index (χ4n) is 2.83. The predicted octanol–water partition coefficient (Wildman–Crippen LogP) is 5.16. The van der Waals surface area contributed by atoms with E-state index in [4.69, 9.17) is 0 Å². The number of rotatable bonds is 4. The second-order valence-electron chi connectivity index (χ2n) is 6.38. The van der Waals surface area contributed by atoms with Gasteiger partial charge in [-0.2, -0.15) is 0 Å². The van der Waals surface area contributed by atoms with Crippen molar-refractivity contribution < 1.29 is 9.59 Å². The third-order valence-electron chi connectivity index (χ3n) is 4.08. The fraction of sp³-hybridized carbons (Fsp3) is 0.150. The lowest BCUT2D eigenvalue weighted by Gasteiger charge is -2.16. The maximum atomic E-state index is 12.4. The number of aromatic nitrogens is 2. The Balaban J connectivity index is 1.57. The molecule has 0 saturated carbocycles. The topological polar surface area (TPSA) is 66.1 Å². The number of imidazole rings is 1. The molecule has 1 aromatic heterocycles. The number of carbonyl (C=O) groups excluding carboxylic acids is 2. The van der Waals surface area contributed by atoms with Crippen molar-refractivity contribution in [2.45, 2.75) is 29.9 Å². The molecule has 2 heterocycles. The monoisotopic (exact) mass is 395 g/mol. The van der Waals surface area contributed by atoms with E-state index in [2.05, 4.69) is 9.97 Å². The number of para-hydroxylation sites is 2. The first-order chi connectivity index (χ1) is 13.0. The smallest absolute Gasteiger partial charge is 0.293 e. The quantitative estimate of drug-likeness (QED) is 0.618. The van der Waals surface area contributed by atoms with Gasteiger partial charge in [-0.05, 0) is 61.5 Å². The van der Waals surface area contributed by atoms with Crippen LogP contribution in [-0.2, 0) is 4.79 Å². The molecule has 136 valence electrons. The summed E-state index contributed by atoms with van der Waals surface area (Å²) < 4.78 is 0. The van der Waals surface area contributed by atoms with Crippen LogP contribution in [0.2, 0.25) is 0 Å². The van der Waals surface area contributed by atoms with Gasteiger partial charge in [-0.3, -0.25) is 14.5 Å². The van der Waals surface area contributed by atoms with Crippen LogP contribution in [0.3, 0.4) is 0 Å². The highest BCUT2D eigenvalue weighted by Gasteiger charge is 2.36. The van der Waals surface area contributed by atoms with Crippen LogP contribution in [0, 0.1) is 0 Å². The number of nitrogens with one attached hydrogen (secondary N) is 1. The molecule has 0 radical (unpaired) electrons. The molecule has 3 aromatic rings. The standard InChI is InChI=1S/C20H17N3O2S2/c1-12(2)23-18(24)17(27-20(23)25)11-13-6-5-7-14(10-13)26-19-21-15-8-3-4-9-16(15)22-19/h3-12H,1-2H3,(H,21,22)/b17-11-. The van der Waals surface area contributed by atoms with Crippen LogP contribution in [0.4, 0.5) is 4.79 Å². The molecule has 2 amide bonds. The van der Waals surface area contributed by atoms with E-state index in [1.54, 1.807) is 6.08 Å². The van der Waals surface area contributed by atoms with E-state index >= 15 is 0 Å². The zero-order chi connectivity index (χ0) is 19.0. The maximum Gasteiger partial charge on any atom is 0.293 e. The van der Waals surface area contributed by atoms with Crippen molar-refractivity contribution in [2.75, 3.05) is 0 Å². The molecule has 4 rings (SSSR count). The minimum atomic E-state index is -0.227. The number of aromatic amines is 1. The first-order valence-electron chi connectivity index (χ1n) is 8.51. The Morgan fingerprint density at radius 2 is 1.96 bits per heavy atom. The van der Waals surface area contributed by atoms with Gasteiger partial charge in [0.1, 0.15) is 0 Å². The molecule has 2 aromatic carbocycles. The Morgan fingerprint density at radius 3 is 2.70 bits per heavy atom. The number of hydrogen-bond donors (Lipinski definition) is 1. The molecule has 1 aliphatic rings. The second-order valence-corrected chi connectivity index (χ2v) is 8.43. The first kappa shape index (κ1) is 17.9. The number of H-pyrrole nitrogens is 1. The second kappa shape index (κ2) is 7.25.